The van der Waals surface area contributed by atoms with Crippen molar-refractivity contribution in [3.63, 3.8) is 0 Å². The third kappa shape index (κ3) is 2.79. The van der Waals surface area contributed by atoms with E-state index in [4.69, 9.17) is 0 Å². The molecule has 1 aromatic carbocycles. The van der Waals surface area contributed by atoms with E-state index in [0.717, 1.165) is 41.8 Å². The summed E-state index contributed by atoms with van der Waals surface area (Å²) in [7, 11) is 2.19. The molecule has 0 fully saturated rings. The fraction of sp³-hybridized carbons (Fsp3) is 0.278. The van der Waals surface area contributed by atoms with Crippen LogP contribution >= 0.6 is 11.3 Å². The molecule has 1 aliphatic rings. The van der Waals surface area contributed by atoms with E-state index in [1.165, 1.54) is 9.78 Å². The molecule has 122 valence electrons. The van der Waals surface area contributed by atoms with E-state index < -0.39 is 0 Å². The molecule has 0 saturated carbocycles. The van der Waals surface area contributed by atoms with Crippen LogP contribution in [0.15, 0.2) is 30.3 Å². The first kappa shape index (κ1) is 15.2. The van der Waals surface area contributed by atoms with Crippen molar-refractivity contribution in [3.05, 3.63) is 52.2 Å². The average Bonchev–Trinajstić information content (AvgIpc) is 2.95. The number of aryl methyl sites for hydroxylation is 1. The number of likely N-dealkylation sites (N-methyl/N-ethyl adjacent to an activating group) is 1. The first-order chi connectivity index (χ1) is 11.6. The molecule has 0 radical (unpaired) electrons. The summed E-state index contributed by atoms with van der Waals surface area (Å²) < 4.78 is 0. The third-order valence-corrected chi connectivity index (χ3v) is 5.35. The van der Waals surface area contributed by atoms with Crippen LogP contribution in [0.4, 0.5) is 5.13 Å². The van der Waals surface area contributed by atoms with Crippen molar-refractivity contribution in [2.24, 2.45) is 0 Å². The van der Waals surface area contributed by atoms with Crippen LogP contribution in [0.5, 0.6) is 0 Å². The van der Waals surface area contributed by atoms with Crippen LogP contribution in [0.1, 0.15) is 26.6 Å². The number of benzene rings is 1. The Morgan fingerprint density at radius 2 is 2.12 bits per heavy atom. The highest BCUT2D eigenvalue weighted by atomic mass is 32.1. The Kier molecular flexibility index (Phi) is 3.78. The maximum absolute atomic E-state index is 12.8. The van der Waals surface area contributed by atoms with Gasteiger partial charge < -0.3 is 4.90 Å². The second kappa shape index (κ2) is 5.96. The van der Waals surface area contributed by atoms with E-state index in [0.29, 0.717) is 10.7 Å². The molecule has 2 aromatic heterocycles. The van der Waals surface area contributed by atoms with Crippen LogP contribution in [-0.2, 0) is 13.0 Å². The minimum Gasteiger partial charge on any atom is -0.333 e. The highest BCUT2D eigenvalue weighted by Crippen LogP contribution is 2.26. The summed E-state index contributed by atoms with van der Waals surface area (Å²) >= 11 is 1.59. The molecule has 1 atom stereocenters. The van der Waals surface area contributed by atoms with Crippen LogP contribution in [0.2, 0.25) is 0 Å². The molecule has 24 heavy (non-hydrogen) atoms. The number of quaternary nitrogens is 1. The molecule has 1 unspecified atom stereocenters. The van der Waals surface area contributed by atoms with Crippen LogP contribution < -0.4 is 10.2 Å². The number of anilines is 1. The predicted octanol–water partition coefficient (Wildman–Crippen LogP) is 1.82. The van der Waals surface area contributed by atoms with Gasteiger partial charge in [0.1, 0.15) is 6.54 Å². The summed E-state index contributed by atoms with van der Waals surface area (Å²) in [5.74, 6) is -0.122. The second-order valence-corrected chi connectivity index (χ2v) is 7.39. The lowest BCUT2D eigenvalue weighted by Crippen LogP contribution is -3.08. The van der Waals surface area contributed by atoms with Crippen molar-refractivity contribution in [1.29, 1.82) is 0 Å². The molecular formula is C18H19N4OS+. The Labute approximate surface area is 144 Å². The quantitative estimate of drug-likeness (QED) is 0.749. The molecule has 0 bridgehead atoms. The van der Waals surface area contributed by atoms with Gasteiger partial charge in [0.15, 0.2) is 5.13 Å². The van der Waals surface area contributed by atoms with Gasteiger partial charge in [0, 0.05) is 17.5 Å². The third-order valence-electron chi connectivity index (χ3n) is 4.34. The molecule has 1 aliphatic heterocycles. The number of hydrogen-bond acceptors (Lipinski definition) is 4. The van der Waals surface area contributed by atoms with Gasteiger partial charge in [0.25, 0.3) is 5.91 Å². The minimum atomic E-state index is -0.122. The Hall–Kier alpha value is -2.31. The fourth-order valence-corrected chi connectivity index (χ4v) is 4.24. The zero-order valence-corrected chi connectivity index (χ0v) is 14.5. The molecule has 4 rings (SSSR count). The Balaban J connectivity index is 1.66. The highest BCUT2D eigenvalue weighted by molar-refractivity contribution is 7.15. The lowest BCUT2D eigenvalue weighted by atomic mass is 10.1. The molecule has 6 heteroatoms. The van der Waals surface area contributed by atoms with E-state index in [9.17, 15) is 4.79 Å². The van der Waals surface area contributed by atoms with E-state index in [1.54, 1.807) is 11.3 Å². The van der Waals surface area contributed by atoms with Crippen molar-refractivity contribution in [2.45, 2.75) is 19.9 Å². The normalized spacial score (nSPS) is 16.8. The van der Waals surface area contributed by atoms with E-state index in [1.807, 2.05) is 37.3 Å². The van der Waals surface area contributed by atoms with Gasteiger partial charge in [-0.3, -0.25) is 15.1 Å². The molecule has 0 spiro atoms. The first-order valence-corrected chi connectivity index (χ1v) is 8.89. The highest BCUT2D eigenvalue weighted by Gasteiger charge is 2.22. The lowest BCUT2D eigenvalue weighted by Gasteiger charge is -2.17. The Bertz CT molecular complexity index is 934. The maximum Gasteiger partial charge on any atom is 0.258 e. The van der Waals surface area contributed by atoms with Crippen molar-refractivity contribution < 1.29 is 9.69 Å². The van der Waals surface area contributed by atoms with Crippen molar-refractivity contribution in [2.75, 3.05) is 18.9 Å². The number of carbonyl (C=O) groups is 1. The van der Waals surface area contributed by atoms with Gasteiger partial charge in [-0.15, -0.1) is 0 Å². The number of thiazole rings is 1. The number of carbonyl (C=O) groups excluding carboxylic acids is 1. The Morgan fingerprint density at radius 1 is 1.29 bits per heavy atom. The summed E-state index contributed by atoms with van der Waals surface area (Å²) in [6.07, 6.45) is 0.977. The number of para-hydroxylation sites is 1. The van der Waals surface area contributed by atoms with Crippen molar-refractivity contribution in [3.8, 4) is 0 Å². The average molecular weight is 339 g/mol. The fourth-order valence-electron chi connectivity index (χ4n) is 3.12. The molecule has 1 amide bonds. The largest absolute Gasteiger partial charge is 0.333 e. The molecule has 0 aliphatic carbocycles. The van der Waals surface area contributed by atoms with E-state index in [2.05, 4.69) is 22.3 Å². The minimum absolute atomic E-state index is 0.122. The summed E-state index contributed by atoms with van der Waals surface area (Å²) in [5.41, 5.74) is 3.46. The summed E-state index contributed by atoms with van der Waals surface area (Å²) in [5, 5.41) is 4.54. The summed E-state index contributed by atoms with van der Waals surface area (Å²) in [4.78, 5) is 24.7. The number of rotatable bonds is 2. The number of aromatic nitrogens is 2. The zero-order valence-electron chi connectivity index (χ0n) is 13.7. The van der Waals surface area contributed by atoms with E-state index >= 15 is 0 Å². The predicted molar refractivity (Wildman–Crippen MR) is 95.7 cm³/mol. The zero-order chi connectivity index (χ0) is 16.7. The molecule has 0 saturated heterocycles. The Morgan fingerprint density at radius 3 is 3.00 bits per heavy atom. The number of nitrogens with one attached hydrogen (secondary N) is 2. The van der Waals surface area contributed by atoms with Gasteiger partial charge in [-0.05, 0) is 19.1 Å². The monoisotopic (exact) mass is 339 g/mol. The van der Waals surface area contributed by atoms with Crippen LogP contribution in [0.25, 0.3) is 10.9 Å². The SMILES string of the molecule is Cc1cc(C(=O)Nc2nc3c(s2)C[NH+](C)CC3)c2ccccc2n1. The van der Waals surface area contributed by atoms with Crippen molar-refractivity contribution in [1.82, 2.24) is 9.97 Å². The molecular weight excluding hydrogens is 320 g/mol. The van der Waals surface area contributed by atoms with Gasteiger partial charge in [-0.25, -0.2) is 4.98 Å². The summed E-state index contributed by atoms with van der Waals surface area (Å²) in [6.45, 7) is 3.99. The second-order valence-electron chi connectivity index (χ2n) is 6.31. The van der Waals surface area contributed by atoms with Gasteiger partial charge in [0.05, 0.1) is 35.2 Å². The molecule has 3 aromatic rings. The number of nitrogens with zero attached hydrogens (tertiary/aromatic N) is 2. The number of fused-ring (bicyclic) bond motifs is 2. The van der Waals surface area contributed by atoms with Gasteiger partial charge in [-0.1, -0.05) is 29.5 Å². The first-order valence-electron chi connectivity index (χ1n) is 8.08. The van der Waals surface area contributed by atoms with Crippen molar-refractivity contribution >= 4 is 33.3 Å². The number of amides is 1. The van der Waals surface area contributed by atoms with Gasteiger partial charge in [0.2, 0.25) is 0 Å². The molecule has 5 nitrogen and oxygen atoms in total. The van der Waals surface area contributed by atoms with Crippen LogP contribution in [0.3, 0.4) is 0 Å². The topological polar surface area (TPSA) is 59.3 Å². The molecule has 3 heterocycles. The van der Waals surface area contributed by atoms with Crippen LogP contribution in [0, 0.1) is 6.92 Å². The lowest BCUT2D eigenvalue weighted by molar-refractivity contribution is -0.895. The van der Waals surface area contributed by atoms with E-state index in [-0.39, 0.29) is 5.91 Å². The number of hydrogen-bond donors (Lipinski definition) is 2. The maximum atomic E-state index is 12.8. The standard InChI is InChI=1S/C18H18N4OS/c1-11-9-13(12-5-3-4-6-14(12)19-11)17(23)21-18-20-15-7-8-22(2)10-16(15)24-18/h3-6,9H,7-8,10H2,1-2H3,(H,20,21,23)/p+1. The summed E-state index contributed by atoms with van der Waals surface area (Å²) in [6, 6.07) is 9.56. The smallest absolute Gasteiger partial charge is 0.258 e. The molecule has 2 N–H and O–H groups in total. The van der Waals surface area contributed by atoms with Gasteiger partial charge in [-0.2, -0.15) is 0 Å². The number of pyridine rings is 1. The van der Waals surface area contributed by atoms with Gasteiger partial charge >= 0.3 is 0 Å². The van der Waals surface area contributed by atoms with Crippen LogP contribution in [-0.4, -0.2) is 29.5 Å².